The van der Waals surface area contributed by atoms with Crippen LogP contribution < -0.4 is 9.64 Å². The average molecular weight is 467 g/mol. The number of anilines is 1. The maximum Gasteiger partial charge on any atom is 0.226 e. The van der Waals surface area contributed by atoms with Crippen molar-refractivity contribution in [2.45, 2.75) is 37.8 Å². The predicted octanol–water partition coefficient (Wildman–Crippen LogP) is 5.79. The van der Waals surface area contributed by atoms with E-state index in [1.54, 1.807) is 11.3 Å². The average Bonchev–Trinajstić information content (AvgIpc) is 3.26. The van der Waals surface area contributed by atoms with Gasteiger partial charge in [0.05, 0.1) is 18.7 Å². The second kappa shape index (κ2) is 9.16. The highest BCUT2D eigenvalue weighted by Crippen LogP contribution is 2.41. The Morgan fingerprint density at radius 3 is 2.59 bits per heavy atom. The van der Waals surface area contributed by atoms with Crippen LogP contribution in [0, 0.1) is 0 Å². The number of carbonyl (C=O) groups excluding carboxylic acids is 1. The van der Waals surface area contributed by atoms with Crippen molar-refractivity contribution < 1.29 is 9.53 Å². The van der Waals surface area contributed by atoms with Crippen molar-refractivity contribution in [1.29, 1.82) is 0 Å². The van der Waals surface area contributed by atoms with Gasteiger partial charge in [0.1, 0.15) is 11.4 Å². The molecule has 4 nitrogen and oxygen atoms in total. The molecule has 0 atom stereocenters. The van der Waals surface area contributed by atoms with Crippen LogP contribution in [-0.2, 0) is 17.8 Å². The zero-order chi connectivity index (χ0) is 22.0. The van der Waals surface area contributed by atoms with Gasteiger partial charge in [0, 0.05) is 48.8 Å². The third kappa shape index (κ3) is 4.64. The fraction of sp³-hybridized carbons (Fsp3) is 0.346. The number of benzene rings is 2. The van der Waals surface area contributed by atoms with E-state index in [1.807, 2.05) is 35.2 Å². The Morgan fingerprint density at radius 1 is 1.00 bits per heavy atom. The number of para-hydroxylation sites is 2. The third-order valence-electron chi connectivity index (χ3n) is 6.57. The van der Waals surface area contributed by atoms with E-state index in [9.17, 15) is 4.79 Å². The Kier molecular flexibility index (Phi) is 6.11. The summed E-state index contributed by atoms with van der Waals surface area (Å²) >= 11 is 7.87. The number of thiophene rings is 1. The number of nitrogens with zero attached hydrogens (tertiary/aromatic N) is 2. The summed E-state index contributed by atoms with van der Waals surface area (Å²) in [6.07, 6.45) is 3.07. The van der Waals surface area contributed by atoms with Crippen LogP contribution in [0.5, 0.6) is 5.75 Å². The van der Waals surface area contributed by atoms with Crippen molar-refractivity contribution >= 4 is 34.5 Å². The smallest absolute Gasteiger partial charge is 0.226 e. The maximum absolute atomic E-state index is 12.9. The molecule has 1 spiro atoms. The first-order valence-corrected chi connectivity index (χ1v) is 12.4. The Hall–Kier alpha value is -2.50. The van der Waals surface area contributed by atoms with Crippen molar-refractivity contribution in [3.05, 3.63) is 81.5 Å². The highest BCUT2D eigenvalue weighted by Gasteiger charge is 2.40. The number of fused-ring (bicyclic) bond motifs is 1. The number of hydrogen-bond donors (Lipinski definition) is 0. The Bertz CT molecular complexity index is 1080. The molecule has 0 radical (unpaired) electrons. The van der Waals surface area contributed by atoms with Gasteiger partial charge in [-0.2, -0.15) is 0 Å². The molecule has 2 aliphatic rings. The van der Waals surface area contributed by atoms with Crippen molar-refractivity contribution in [2.24, 2.45) is 0 Å². The molecule has 1 fully saturated rings. The normalized spacial score (nSPS) is 17.5. The molecule has 0 N–H and O–H groups in total. The fourth-order valence-corrected chi connectivity index (χ4v) is 5.68. The van der Waals surface area contributed by atoms with Gasteiger partial charge in [-0.15, -0.1) is 11.3 Å². The molecular weight excluding hydrogens is 440 g/mol. The summed E-state index contributed by atoms with van der Waals surface area (Å²) in [6, 6.07) is 20.2. The number of hydrogen-bond acceptors (Lipinski definition) is 4. The van der Waals surface area contributed by atoms with Crippen LogP contribution in [0.2, 0.25) is 5.02 Å². The molecule has 0 aliphatic carbocycles. The van der Waals surface area contributed by atoms with E-state index < -0.39 is 0 Å². The summed E-state index contributed by atoms with van der Waals surface area (Å²) in [5.41, 5.74) is 1.91. The molecule has 32 heavy (non-hydrogen) atoms. The fourth-order valence-electron chi connectivity index (χ4n) is 4.75. The standard InChI is InChI=1S/C26H27ClN2O2S/c27-21-6-3-5-20(17-21)18-25(30)28-13-10-26(11-14-28)12-15-29(19-22-7-4-16-32-22)23-8-1-2-9-24(23)31-26/h1-9,16-17H,10-15,18-19H2. The topological polar surface area (TPSA) is 32.8 Å². The van der Waals surface area contributed by atoms with Crippen molar-refractivity contribution in [3.8, 4) is 5.75 Å². The van der Waals surface area contributed by atoms with Crippen LogP contribution in [0.1, 0.15) is 29.7 Å². The molecule has 0 saturated carbocycles. The lowest BCUT2D eigenvalue weighted by Gasteiger charge is -2.41. The molecule has 3 heterocycles. The predicted molar refractivity (Wildman–Crippen MR) is 131 cm³/mol. The van der Waals surface area contributed by atoms with Crippen LogP contribution in [0.15, 0.2) is 66.0 Å². The molecule has 166 valence electrons. The SMILES string of the molecule is O=C(Cc1cccc(Cl)c1)N1CCC2(CC1)CCN(Cc1cccs1)c1ccccc1O2. The van der Waals surface area contributed by atoms with Gasteiger partial charge in [-0.1, -0.05) is 41.9 Å². The third-order valence-corrected chi connectivity index (χ3v) is 7.66. The van der Waals surface area contributed by atoms with Gasteiger partial charge < -0.3 is 14.5 Å². The Balaban J connectivity index is 1.27. The number of amides is 1. The van der Waals surface area contributed by atoms with Crippen molar-refractivity contribution in [1.82, 2.24) is 4.90 Å². The first kappa shape index (κ1) is 21.4. The maximum atomic E-state index is 12.9. The van der Waals surface area contributed by atoms with Crippen LogP contribution >= 0.6 is 22.9 Å². The molecule has 0 bridgehead atoms. The molecule has 1 saturated heterocycles. The highest BCUT2D eigenvalue weighted by atomic mass is 35.5. The van der Waals surface area contributed by atoms with Gasteiger partial charge in [0.15, 0.2) is 0 Å². The van der Waals surface area contributed by atoms with Crippen molar-refractivity contribution in [2.75, 3.05) is 24.5 Å². The monoisotopic (exact) mass is 466 g/mol. The van der Waals surface area contributed by atoms with E-state index in [2.05, 4.69) is 40.6 Å². The van der Waals surface area contributed by atoms with Crippen LogP contribution in [0.3, 0.4) is 0 Å². The number of halogens is 1. The van der Waals surface area contributed by atoms with Gasteiger partial charge in [0.2, 0.25) is 5.91 Å². The molecular formula is C26H27ClN2O2S. The van der Waals surface area contributed by atoms with E-state index in [1.165, 1.54) is 4.88 Å². The van der Waals surface area contributed by atoms with Crippen LogP contribution in [0.25, 0.3) is 0 Å². The molecule has 0 unspecified atom stereocenters. The van der Waals surface area contributed by atoms with E-state index >= 15 is 0 Å². The lowest BCUT2D eigenvalue weighted by atomic mass is 9.87. The number of ether oxygens (including phenoxy) is 1. The van der Waals surface area contributed by atoms with Gasteiger partial charge in [-0.3, -0.25) is 4.79 Å². The minimum absolute atomic E-state index is 0.162. The number of piperidine rings is 1. The van der Waals surface area contributed by atoms with E-state index in [0.29, 0.717) is 11.4 Å². The number of rotatable bonds is 4. The summed E-state index contributed by atoms with van der Waals surface area (Å²) in [4.78, 5) is 18.7. The number of carbonyl (C=O) groups is 1. The second-order valence-corrected chi connectivity index (χ2v) is 10.2. The first-order valence-electron chi connectivity index (χ1n) is 11.2. The summed E-state index contributed by atoms with van der Waals surface area (Å²) < 4.78 is 6.70. The molecule has 2 aliphatic heterocycles. The molecule has 1 aromatic heterocycles. The second-order valence-electron chi connectivity index (χ2n) is 8.69. The summed E-state index contributed by atoms with van der Waals surface area (Å²) in [5, 5.41) is 2.80. The molecule has 1 amide bonds. The van der Waals surface area contributed by atoms with Gasteiger partial charge >= 0.3 is 0 Å². The first-order chi connectivity index (χ1) is 15.6. The van der Waals surface area contributed by atoms with Crippen LogP contribution in [0.4, 0.5) is 5.69 Å². The van der Waals surface area contributed by atoms with E-state index in [4.69, 9.17) is 16.3 Å². The largest absolute Gasteiger partial charge is 0.485 e. The van der Waals surface area contributed by atoms with Crippen LogP contribution in [-0.4, -0.2) is 36.0 Å². The minimum Gasteiger partial charge on any atom is -0.485 e. The highest BCUT2D eigenvalue weighted by molar-refractivity contribution is 7.09. The summed E-state index contributed by atoms with van der Waals surface area (Å²) in [6.45, 7) is 3.31. The molecule has 6 heteroatoms. The summed E-state index contributed by atoms with van der Waals surface area (Å²) in [5.74, 6) is 1.12. The summed E-state index contributed by atoms with van der Waals surface area (Å²) in [7, 11) is 0. The zero-order valence-corrected chi connectivity index (χ0v) is 19.6. The quantitative estimate of drug-likeness (QED) is 0.487. The van der Waals surface area contributed by atoms with Gasteiger partial charge in [-0.05, 0) is 41.3 Å². The van der Waals surface area contributed by atoms with Crippen molar-refractivity contribution in [3.63, 3.8) is 0 Å². The number of likely N-dealkylation sites (tertiary alicyclic amines) is 1. The van der Waals surface area contributed by atoms with E-state index in [0.717, 1.165) is 62.4 Å². The van der Waals surface area contributed by atoms with Gasteiger partial charge in [0.25, 0.3) is 0 Å². The minimum atomic E-state index is -0.215. The van der Waals surface area contributed by atoms with E-state index in [-0.39, 0.29) is 11.5 Å². The Labute approximate surface area is 198 Å². The lowest BCUT2D eigenvalue weighted by molar-refractivity contribution is -0.134. The molecule has 5 rings (SSSR count). The molecule has 3 aromatic rings. The molecule has 2 aromatic carbocycles. The Morgan fingerprint density at radius 2 is 1.81 bits per heavy atom. The zero-order valence-electron chi connectivity index (χ0n) is 18.0. The lowest BCUT2D eigenvalue weighted by Crippen LogP contribution is -2.50. The van der Waals surface area contributed by atoms with Gasteiger partial charge in [-0.25, -0.2) is 0 Å².